The highest BCUT2D eigenvalue weighted by Crippen LogP contribution is 1.59. The van der Waals surface area contributed by atoms with Crippen molar-refractivity contribution in [1.82, 2.24) is 0 Å². The lowest BCUT2D eigenvalue weighted by Gasteiger charge is -1.76. The molecule has 0 saturated heterocycles. The first kappa shape index (κ1) is 11.6. The van der Waals surface area contributed by atoms with Crippen LogP contribution in [0, 0.1) is 0 Å². The summed E-state index contributed by atoms with van der Waals surface area (Å²) in [4.78, 5) is 4.04. The van der Waals surface area contributed by atoms with Gasteiger partial charge in [-0.25, -0.2) is 5.90 Å². The normalized spacial score (nSPS) is 9.78. The Balaban J connectivity index is 0. The van der Waals surface area contributed by atoms with Gasteiger partial charge in [0.2, 0.25) is 0 Å². The van der Waals surface area contributed by atoms with Gasteiger partial charge in [-0.1, -0.05) is 0 Å². The second-order valence-electron chi connectivity index (χ2n) is 0.903. The molecular formula is C2H9NO5S. The van der Waals surface area contributed by atoms with E-state index < -0.39 is 10.4 Å². The van der Waals surface area contributed by atoms with Crippen molar-refractivity contribution < 1.29 is 22.4 Å². The lowest BCUT2D eigenvalue weighted by molar-refractivity contribution is 0.152. The van der Waals surface area contributed by atoms with Gasteiger partial charge in [0, 0.05) is 0 Å². The van der Waals surface area contributed by atoms with Crippen LogP contribution in [-0.4, -0.2) is 24.1 Å². The topological polar surface area (TPSA) is 110 Å². The molecule has 0 unspecified atom stereocenters. The molecule has 0 aliphatic heterocycles. The molecule has 0 atom stereocenters. The maximum Gasteiger partial charge on any atom is 0.394 e. The Morgan fingerprint density at radius 3 is 1.67 bits per heavy atom. The quantitative estimate of drug-likeness (QED) is 0.343. The first-order valence-corrected chi connectivity index (χ1v) is 3.33. The van der Waals surface area contributed by atoms with Gasteiger partial charge in [0.05, 0.1) is 6.61 Å². The number of hydrogen-bond donors (Lipinski definition) is 3. The van der Waals surface area contributed by atoms with E-state index in [9.17, 15) is 0 Å². The highest BCUT2D eigenvalue weighted by molar-refractivity contribution is 7.79. The zero-order valence-corrected chi connectivity index (χ0v) is 5.63. The van der Waals surface area contributed by atoms with Crippen LogP contribution in [0.25, 0.3) is 0 Å². The second-order valence-corrected chi connectivity index (χ2v) is 1.80. The van der Waals surface area contributed by atoms with Crippen molar-refractivity contribution in [3.8, 4) is 0 Å². The van der Waals surface area contributed by atoms with Gasteiger partial charge in [0.25, 0.3) is 0 Å². The Hall–Kier alpha value is -0.210. The third-order valence-corrected chi connectivity index (χ3v) is 0.167. The predicted octanol–water partition coefficient (Wildman–Crippen LogP) is -0.756. The largest absolute Gasteiger partial charge is 0.394 e. The van der Waals surface area contributed by atoms with E-state index >= 15 is 0 Å². The van der Waals surface area contributed by atoms with Gasteiger partial charge >= 0.3 is 10.4 Å². The minimum atomic E-state index is -4.67. The summed E-state index contributed by atoms with van der Waals surface area (Å²) in [5.41, 5.74) is 0. The van der Waals surface area contributed by atoms with Gasteiger partial charge in [-0.2, -0.15) is 8.42 Å². The third kappa shape index (κ3) is 418. The summed E-state index contributed by atoms with van der Waals surface area (Å²) in [7, 11) is -4.67. The van der Waals surface area contributed by atoms with Crippen molar-refractivity contribution in [3.05, 3.63) is 0 Å². The Morgan fingerprint density at radius 2 is 1.67 bits per heavy atom. The molecule has 4 N–H and O–H groups in total. The van der Waals surface area contributed by atoms with Crippen LogP contribution in [0.1, 0.15) is 6.92 Å². The Morgan fingerprint density at radius 1 is 1.56 bits per heavy atom. The number of rotatable bonds is 1. The maximum absolute atomic E-state index is 8.74. The summed E-state index contributed by atoms with van der Waals surface area (Å²) >= 11 is 0. The molecule has 0 fully saturated rings. The summed E-state index contributed by atoms with van der Waals surface area (Å²) in [6, 6.07) is 0. The molecule has 0 heterocycles. The summed E-state index contributed by atoms with van der Waals surface area (Å²) in [6.07, 6.45) is 0. The molecule has 0 saturated carbocycles. The molecule has 0 aliphatic carbocycles. The lowest BCUT2D eigenvalue weighted by Crippen LogP contribution is -1.94. The minimum Gasteiger partial charge on any atom is -0.305 e. The summed E-state index contributed by atoms with van der Waals surface area (Å²) in [5.74, 6) is 4.53. The SMILES string of the molecule is CCON.O=S(=O)(O)O. The van der Waals surface area contributed by atoms with E-state index in [-0.39, 0.29) is 0 Å². The molecule has 0 aromatic carbocycles. The molecule has 0 aromatic rings. The van der Waals surface area contributed by atoms with E-state index in [1.807, 2.05) is 6.92 Å². The first-order valence-electron chi connectivity index (χ1n) is 1.93. The summed E-state index contributed by atoms with van der Waals surface area (Å²) < 4.78 is 31.6. The molecule has 0 bridgehead atoms. The monoisotopic (exact) mass is 159 g/mol. The summed E-state index contributed by atoms with van der Waals surface area (Å²) in [5, 5.41) is 0. The average Bonchev–Trinajstić information content (AvgIpc) is 1.61. The zero-order valence-electron chi connectivity index (χ0n) is 4.81. The smallest absolute Gasteiger partial charge is 0.305 e. The molecule has 58 valence electrons. The van der Waals surface area contributed by atoms with E-state index in [2.05, 4.69) is 10.7 Å². The van der Waals surface area contributed by atoms with E-state index in [4.69, 9.17) is 17.5 Å². The molecule has 0 radical (unpaired) electrons. The second kappa shape index (κ2) is 5.92. The van der Waals surface area contributed by atoms with Crippen molar-refractivity contribution in [2.75, 3.05) is 6.61 Å². The highest BCUT2D eigenvalue weighted by atomic mass is 32.3. The standard InChI is InChI=1S/C2H7NO.H2O4S/c1-2-4-3;1-5(2,3)4/h2-3H2,1H3;(H2,1,2,3,4). The van der Waals surface area contributed by atoms with Gasteiger partial charge in [0.1, 0.15) is 0 Å². The molecule has 0 amide bonds. The molecular weight excluding hydrogens is 150 g/mol. The van der Waals surface area contributed by atoms with Crippen molar-refractivity contribution in [1.29, 1.82) is 0 Å². The van der Waals surface area contributed by atoms with E-state index in [0.29, 0.717) is 6.61 Å². The zero-order chi connectivity index (χ0) is 7.91. The van der Waals surface area contributed by atoms with Gasteiger partial charge in [0.15, 0.2) is 0 Å². The van der Waals surface area contributed by atoms with Gasteiger partial charge < -0.3 is 4.84 Å². The molecule has 6 nitrogen and oxygen atoms in total. The van der Waals surface area contributed by atoms with Crippen molar-refractivity contribution in [3.63, 3.8) is 0 Å². The van der Waals surface area contributed by atoms with Crippen molar-refractivity contribution >= 4 is 10.4 Å². The molecule has 0 aromatic heterocycles. The Bertz CT molecular complexity index is 118. The summed E-state index contributed by atoms with van der Waals surface area (Å²) in [6.45, 7) is 2.43. The fraction of sp³-hybridized carbons (Fsp3) is 1.00. The maximum atomic E-state index is 8.74. The first-order chi connectivity index (χ1) is 3.91. The number of hydrogen-bond acceptors (Lipinski definition) is 4. The van der Waals surface area contributed by atoms with Gasteiger partial charge in [-0.05, 0) is 6.92 Å². The van der Waals surface area contributed by atoms with Crippen LogP contribution in [0.4, 0.5) is 0 Å². The van der Waals surface area contributed by atoms with E-state index in [0.717, 1.165) is 0 Å². The van der Waals surface area contributed by atoms with Crippen LogP contribution in [0.15, 0.2) is 0 Å². The fourth-order valence-corrected chi connectivity index (χ4v) is 0. The Kier molecular flexibility index (Phi) is 7.61. The third-order valence-electron chi connectivity index (χ3n) is 0.167. The fourth-order valence-electron chi connectivity index (χ4n) is 0. The van der Waals surface area contributed by atoms with Crippen LogP contribution >= 0.6 is 0 Å². The van der Waals surface area contributed by atoms with Crippen molar-refractivity contribution in [2.24, 2.45) is 5.90 Å². The molecule has 0 spiro atoms. The van der Waals surface area contributed by atoms with Crippen LogP contribution < -0.4 is 5.90 Å². The average molecular weight is 159 g/mol. The van der Waals surface area contributed by atoms with Gasteiger partial charge in [-0.15, -0.1) is 0 Å². The van der Waals surface area contributed by atoms with Gasteiger partial charge in [-0.3, -0.25) is 9.11 Å². The molecule has 0 aliphatic rings. The molecule has 0 rings (SSSR count). The highest BCUT2D eigenvalue weighted by Gasteiger charge is 1.84. The molecule has 7 heteroatoms. The Labute approximate surface area is 53.1 Å². The molecule has 9 heavy (non-hydrogen) atoms. The van der Waals surface area contributed by atoms with Crippen LogP contribution in [0.5, 0.6) is 0 Å². The lowest BCUT2D eigenvalue weighted by atomic mass is 10.9. The predicted molar refractivity (Wildman–Crippen MR) is 30.0 cm³/mol. The van der Waals surface area contributed by atoms with E-state index in [1.165, 1.54) is 0 Å². The van der Waals surface area contributed by atoms with Crippen LogP contribution in [-0.2, 0) is 15.2 Å². The number of nitrogens with two attached hydrogens (primary N) is 1. The van der Waals surface area contributed by atoms with Crippen molar-refractivity contribution in [2.45, 2.75) is 6.92 Å². The minimum absolute atomic E-state index is 0.597. The van der Waals surface area contributed by atoms with E-state index in [1.54, 1.807) is 0 Å². The van der Waals surface area contributed by atoms with Crippen LogP contribution in [0.3, 0.4) is 0 Å². The van der Waals surface area contributed by atoms with Crippen LogP contribution in [0.2, 0.25) is 0 Å².